The van der Waals surface area contributed by atoms with Crippen molar-refractivity contribution in [1.82, 2.24) is 5.32 Å². The summed E-state index contributed by atoms with van der Waals surface area (Å²) in [7, 11) is 0. The van der Waals surface area contributed by atoms with Crippen LogP contribution in [0.4, 0.5) is 0 Å². The second-order valence-corrected chi connectivity index (χ2v) is 26.7. The van der Waals surface area contributed by atoms with Crippen LogP contribution in [0.2, 0.25) is 0 Å². The van der Waals surface area contributed by atoms with Crippen LogP contribution in [-0.2, 0) is 14.3 Å². The first-order valence-corrected chi connectivity index (χ1v) is 38.3. The molecule has 0 aromatic carbocycles. The molecular formula is C76H151NO5. The number of aliphatic hydroxyl groups is 2. The molecule has 0 fully saturated rings. The van der Waals surface area contributed by atoms with E-state index in [4.69, 9.17) is 4.74 Å². The lowest BCUT2D eigenvalue weighted by Gasteiger charge is -2.22. The van der Waals surface area contributed by atoms with Gasteiger partial charge in [0.2, 0.25) is 5.91 Å². The summed E-state index contributed by atoms with van der Waals surface area (Å²) in [5, 5.41) is 23.5. The van der Waals surface area contributed by atoms with Gasteiger partial charge in [0.05, 0.1) is 25.4 Å². The number of hydrogen-bond acceptors (Lipinski definition) is 5. The Morgan fingerprint density at radius 3 is 0.744 bits per heavy atom. The van der Waals surface area contributed by atoms with Crippen LogP contribution in [0.25, 0.3) is 0 Å². The normalized spacial score (nSPS) is 12.4. The summed E-state index contributed by atoms with van der Waals surface area (Å²) in [4.78, 5) is 24.7. The number of carbonyl (C=O) groups excluding carboxylic acids is 2. The lowest BCUT2D eigenvalue weighted by atomic mass is 10.0. The molecular weight excluding hydrogens is 1010 g/mol. The number of nitrogens with one attached hydrogen (secondary N) is 1. The van der Waals surface area contributed by atoms with Crippen molar-refractivity contribution in [3.05, 3.63) is 0 Å². The fourth-order valence-electron chi connectivity index (χ4n) is 12.6. The Hall–Kier alpha value is -1.14. The smallest absolute Gasteiger partial charge is 0.305 e. The standard InChI is InChI=1S/C76H151NO5/c1-3-5-7-9-11-13-15-17-19-20-21-22-28-31-34-37-41-44-48-52-56-60-64-68-74(79)73(72-78)77-75(80)69-65-61-57-53-49-45-42-38-35-32-29-26-24-23-25-27-30-33-36-39-43-47-51-55-59-63-67-71-82-76(81)70-66-62-58-54-50-46-40-18-16-14-12-10-8-6-4-2/h73-74,78-79H,3-72H2,1-2H3,(H,77,80). The van der Waals surface area contributed by atoms with E-state index in [1.54, 1.807) is 0 Å². The molecule has 0 heterocycles. The summed E-state index contributed by atoms with van der Waals surface area (Å²) in [6, 6.07) is -0.540. The number of unbranched alkanes of at least 4 members (excludes halogenated alkanes) is 62. The van der Waals surface area contributed by atoms with Gasteiger partial charge in [-0.3, -0.25) is 9.59 Å². The summed E-state index contributed by atoms with van der Waals surface area (Å²) >= 11 is 0. The molecule has 2 unspecified atom stereocenters. The van der Waals surface area contributed by atoms with Gasteiger partial charge in [0.25, 0.3) is 0 Å². The minimum atomic E-state index is -0.663. The van der Waals surface area contributed by atoms with E-state index in [-0.39, 0.29) is 18.5 Å². The van der Waals surface area contributed by atoms with Crippen molar-refractivity contribution in [3.8, 4) is 0 Å². The summed E-state index contributed by atoms with van der Waals surface area (Å²) in [6.45, 7) is 5.02. The second kappa shape index (κ2) is 72.3. The summed E-state index contributed by atoms with van der Waals surface area (Å²) in [5.74, 6) is -0.00335. The second-order valence-electron chi connectivity index (χ2n) is 26.7. The highest BCUT2D eigenvalue weighted by Gasteiger charge is 2.20. The maximum absolute atomic E-state index is 12.6. The van der Waals surface area contributed by atoms with Crippen molar-refractivity contribution in [3.63, 3.8) is 0 Å². The maximum Gasteiger partial charge on any atom is 0.305 e. The van der Waals surface area contributed by atoms with Gasteiger partial charge in [0.1, 0.15) is 0 Å². The van der Waals surface area contributed by atoms with Crippen molar-refractivity contribution >= 4 is 11.9 Å². The molecule has 6 heteroatoms. The average Bonchev–Trinajstić information content (AvgIpc) is 3.48. The van der Waals surface area contributed by atoms with E-state index in [1.165, 1.54) is 379 Å². The number of ether oxygens (including phenoxy) is 1. The lowest BCUT2D eigenvalue weighted by molar-refractivity contribution is -0.143. The van der Waals surface area contributed by atoms with Gasteiger partial charge in [-0.15, -0.1) is 0 Å². The number of hydrogen-bond donors (Lipinski definition) is 3. The lowest BCUT2D eigenvalue weighted by Crippen LogP contribution is -2.45. The predicted octanol–water partition coefficient (Wildman–Crippen LogP) is 24.9. The third-order valence-corrected chi connectivity index (χ3v) is 18.4. The molecule has 490 valence electrons. The Balaban J connectivity index is 3.34. The zero-order valence-electron chi connectivity index (χ0n) is 56.3. The van der Waals surface area contributed by atoms with Crippen LogP contribution < -0.4 is 5.32 Å². The van der Waals surface area contributed by atoms with E-state index in [0.717, 1.165) is 38.5 Å². The van der Waals surface area contributed by atoms with E-state index in [9.17, 15) is 19.8 Å². The minimum Gasteiger partial charge on any atom is -0.466 e. The van der Waals surface area contributed by atoms with Crippen molar-refractivity contribution in [1.29, 1.82) is 0 Å². The molecule has 0 aliphatic rings. The molecule has 0 rings (SSSR count). The molecule has 0 aromatic heterocycles. The average molecular weight is 1160 g/mol. The van der Waals surface area contributed by atoms with Crippen molar-refractivity contribution in [2.75, 3.05) is 13.2 Å². The molecule has 0 saturated heterocycles. The largest absolute Gasteiger partial charge is 0.466 e. The maximum atomic E-state index is 12.6. The van der Waals surface area contributed by atoms with Crippen molar-refractivity contribution in [2.24, 2.45) is 0 Å². The van der Waals surface area contributed by atoms with Gasteiger partial charge >= 0.3 is 5.97 Å². The first kappa shape index (κ1) is 80.9. The Kier molecular flexibility index (Phi) is 71.3. The molecule has 0 radical (unpaired) electrons. The number of aliphatic hydroxyl groups excluding tert-OH is 2. The molecule has 6 nitrogen and oxygen atoms in total. The highest BCUT2D eigenvalue weighted by molar-refractivity contribution is 5.76. The fraction of sp³-hybridized carbons (Fsp3) is 0.974. The SMILES string of the molecule is CCCCCCCCCCCCCCCCCCCCCCCCCC(O)C(CO)NC(=O)CCCCCCCCCCCCCCCCCCCCCCCCCCCCCOC(=O)CCCCCCCCCCCCCCCCC. The Morgan fingerprint density at radius 2 is 0.500 bits per heavy atom. The Labute approximate surface area is 515 Å². The summed E-state index contributed by atoms with van der Waals surface area (Å²) < 4.78 is 5.50. The monoisotopic (exact) mass is 1160 g/mol. The molecule has 0 aromatic rings. The summed E-state index contributed by atoms with van der Waals surface area (Å²) in [6.07, 6.45) is 88.9. The zero-order valence-corrected chi connectivity index (χ0v) is 56.3. The van der Waals surface area contributed by atoms with Gasteiger partial charge in [0, 0.05) is 12.8 Å². The molecule has 0 bridgehead atoms. The fourth-order valence-corrected chi connectivity index (χ4v) is 12.6. The molecule has 0 spiro atoms. The van der Waals surface area contributed by atoms with Crippen LogP contribution >= 0.6 is 0 Å². The third kappa shape index (κ3) is 68.0. The molecule has 3 N–H and O–H groups in total. The topological polar surface area (TPSA) is 95.9 Å². The molecule has 82 heavy (non-hydrogen) atoms. The number of carbonyl (C=O) groups is 2. The van der Waals surface area contributed by atoms with E-state index in [1.807, 2.05) is 0 Å². The zero-order chi connectivity index (χ0) is 59.2. The summed E-state index contributed by atoms with van der Waals surface area (Å²) in [5.41, 5.74) is 0. The highest BCUT2D eigenvalue weighted by Crippen LogP contribution is 2.20. The van der Waals surface area contributed by atoms with E-state index in [2.05, 4.69) is 19.2 Å². The Morgan fingerprint density at radius 1 is 0.293 bits per heavy atom. The molecule has 0 aliphatic heterocycles. The number of amides is 1. The van der Waals surface area contributed by atoms with Gasteiger partial charge in [0.15, 0.2) is 0 Å². The highest BCUT2D eigenvalue weighted by atomic mass is 16.5. The van der Waals surface area contributed by atoms with Crippen molar-refractivity contribution in [2.45, 2.75) is 463 Å². The van der Waals surface area contributed by atoms with Gasteiger partial charge in [-0.2, -0.15) is 0 Å². The van der Waals surface area contributed by atoms with Crippen LogP contribution in [-0.4, -0.2) is 47.4 Å². The van der Waals surface area contributed by atoms with Crippen LogP contribution in [0.1, 0.15) is 450 Å². The van der Waals surface area contributed by atoms with Crippen LogP contribution in [0.3, 0.4) is 0 Å². The van der Waals surface area contributed by atoms with Crippen molar-refractivity contribution < 1.29 is 24.5 Å². The molecule has 0 saturated carbocycles. The van der Waals surface area contributed by atoms with Gasteiger partial charge in [-0.05, 0) is 25.7 Å². The number of esters is 1. The Bertz CT molecular complexity index is 1200. The van der Waals surface area contributed by atoms with Gasteiger partial charge < -0.3 is 20.3 Å². The molecule has 0 aliphatic carbocycles. The first-order valence-electron chi connectivity index (χ1n) is 38.3. The predicted molar refractivity (Wildman–Crippen MR) is 361 cm³/mol. The van der Waals surface area contributed by atoms with Gasteiger partial charge in [-0.25, -0.2) is 0 Å². The number of rotatable bonds is 73. The van der Waals surface area contributed by atoms with E-state index in [0.29, 0.717) is 25.9 Å². The van der Waals surface area contributed by atoms with Gasteiger partial charge in [-0.1, -0.05) is 412 Å². The molecule has 1 amide bonds. The first-order chi connectivity index (χ1) is 40.5. The third-order valence-electron chi connectivity index (χ3n) is 18.4. The quantitative estimate of drug-likeness (QED) is 0.0417. The van der Waals surface area contributed by atoms with E-state index >= 15 is 0 Å². The minimum absolute atomic E-state index is 0.0226. The van der Waals surface area contributed by atoms with Crippen LogP contribution in [0.5, 0.6) is 0 Å². The van der Waals surface area contributed by atoms with Crippen LogP contribution in [0, 0.1) is 0 Å². The van der Waals surface area contributed by atoms with E-state index < -0.39 is 12.1 Å². The molecule has 2 atom stereocenters. The van der Waals surface area contributed by atoms with Crippen LogP contribution in [0.15, 0.2) is 0 Å².